The van der Waals surface area contributed by atoms with Gasteiger partial charge in [-0.1, -0.05) is 0 Å². The van der Waals surface area contributed by atoms with Crippen molar-refractivity contribution in [1.82, 2.24) is 20.9 Å². The van der Waals surface area contributed by atoms with Crippen molar-refractivity contribution >= 4 is 6.09 Å². The lowest BCUT2D eigenvalue weighted by atomic mass is 10.3. The van der Waals surface area contributed by atoms with Crippen molar-refractivity contribution < 1.29 is 9.53 Å². The molecule has 0 aromatic carbocycles. The number of ether oxygens (including phenoxy) is 1. The fraction of sp³-hybridized carbons (Fsp3) is 0.923. The Hall–Kier alpha value is -0.850. The van der Waals surface area contributed by atoms with Crippen LogP contribution in [0, 0.1) is 0 Å². The van der Waals surface area contributed by atoms with Gasteiger partial charge in [0.25, 0.3) is 0 Å². The molecular weight excluding hydrogens is 244 g/mol. The van der Waals surface area contributed by atoms with E-state index >= 15 is 0 Å². The van der Waals surface area contributed by atoms with E-state index in [1.165, 1.54) is 0 Å². The lowest BCUT2D eigenvalue weighted by Gasteiger charge is -2.22. The van der Waals surface area contributed by atoms with Gasteiger partial charge in [-0.3, -0.25) is 0 Å². The molecule has 1 rings (SSSR count). The van der Waals surface area contributed by atoms with Crippen LogP contribution >= 0.6 is 0 Å². The number of rotatable bonds is 1. The van der Waals surface area contributed by atoms with Gasteiger partial charge in [0.15, 0.2) is 0 Å². The smallest absolute Gasteiger partial charge is 0.409 e. The van der Waals surface area contributed by atoms with Gasteiger partial charge >= 0.3 is 6.09 Å². The Labute approximate surface area is 116 Å². The number of carbonyl (C=O) groups is 1. The Morgan fingerprint density at radius 3 is 2.26 bits per heavy atom. The highest BCUT2D eigenvalue weighted by molar-refractivity contribution is 5.67. The molecule has 1 fully saturated rings. The summed E-state index contributed by atoms with van der Waals surface area (Å²) in [5.74, 6) is 0. The maximum atomic E-state index is 11.8. The molecule has 1 aliphatic rings. The Morgan fingerprint density at radius 2 is 1.58 bits per heavy atom. The molecule has 0 aromatic rings. The second-order valence-corrected chi connectivity index (χ2v) is 4.64. The first-order valence-electron chi connectivity index (χ1n) is 7.38. The van der Waals surface area contributed by atoms with E-state index < -0.39 is 0 Å². The molecule has 0 unspecified atom stereocenters. The summed E-state index contributed by atoms with van der Waals surface area (Å²) in [6.07, 6.45) is 1.87. The topological polar surface area (TPSA) is 65.6 Å². The van der Waals surface area contributed by atoms with E-state index in [0.717, 1.165) is 58.7 Å². The molecule has 6 heteroatoms. The number of carbonyl (C=O) groups excluding carboxylic acids is 1. The van der Waals surface area contributed by atoms with Crippen LogP contribution in [0.15, 0.2) is 0 Å². The zero-order valence-corrected chi connectivity index (χ0v) is 12.0. The van der Waals surface area contributed by atoms with E-state index in [2.05, 4.69) is 16.0 Å². The van der Waals surface area contributed by atoms with Gasteiger partial charge in [-0.25, -0.2) is 4.79 Å². The first-order chi connectivity index (χ1) is 9.34. The molecule has 19 heavy (non-hydrogen) atoms. The normalized spacial score (nSPS) is 20.6. The van der Waals surface area contributed by atoms with Crippen LogP contribution in [0.5, 0.6) is 0 Å². The molecule has 0 saturated carbocycles. The highest BCUT2D eigenvalue weighted by atomic mass is 16.6. The van der Waals surface area contributed by atoms with Gasteiger partial charge in [-0.05, 0) is 39.4 Å². The number of hydrogen-bond donors (Lipinski definition) is 3. The minimum Gasteiger partial charge on any atom is -0.450 e. The van der Waals surface area contributed by atoms with Crippen molar-refractivity contribution in [2.45, 2.75) is 19.8 Å². The lowest BCUT2D eigenvalue weighted by molar-refractivity contribution is 0.107. The van der Waals surface area contributed by atoms with Gasteiger partial charge in [-0.2, -0.15) is 0 Å². The third-order valence-corrected chi connectivity index (χ3v) is 3.05. The van der Waals surface area contributed by atoms with Crippen molar-refractivity contribution in [3.63, 3.8) is 0 Å². The van der Waals surface area contributed by atoms with Crippen LogP contribution in [-0.2, 0) is 4.74 Å². The van der Waals surface area contributed by atoms with Gasteiger partial charge in [-0.15, -0.1) is 0 Å². The van der Waals surface area contributed by atoms with Crippen molar-refractivity contribution in [3.8, 4) is 0 Å². The van der Waals surface area contributed by atoms with E-state index in [-0.39, 0.29) is 6.09 Å². The molecule has 1 heterocycles. The first kappa shape index (κ1) is 16.2. The van der Waals surface area contributed by atoms with Crippen molar-refractivity contribution in [2.24, 2.45) is 0 Å². The van der Waals surface area contributed by atoms with E-state index in [1.54, 1.807) is 4.90 Å². The SMILES string of the molecule is CCOC(=O)N1CCCNCCNCCCNCC1. The highest BCUT2D eigenvalue weighted by Gasteiger charge is 2.13. The average molecular weight is 272 g/mol. The first-order valence-corrected chi connectivity index (χ1v) is 7.38. The minimum atomic E-state index is -0.196. The molecule has 1 saturated heterocycles. The maximum absolute atomic E-state index is 11.8. The van der Waals surface area contributed by atoms with E-state index in [9.17, 15) is 4.79 Å². The average Bonchev–Trinajstić information content (AvgIpc) is 2.41. The van der Waals surface area contributed by atoms with Gasteiger partial charge in [0, 0.05) is 32.7 Å². The minimum absolute atomic E-state index is 0.196. The summed E-state index contributed by atoms with van der Waals surface area (Å²) in [5, 5.41) is 10.1. The van der Waals surface area contributed by atoms with Crippen LogP contribution in [0.2, 0.25) is 0 Å². The monoisotopic (exact) mass is 272 g/mol. The van der Waals surface area contributed by atoms with Crippen LogP contribution in [-0.4, -0.2) is 70.0 Å². The third kappa shape index (κ3) is 8.02. The van der Waals surface area contributed by atoms with Gasteiger partial charge < -0.3 is 25.6 Å². The Bertz CT molecular complexity index is 225. The number of nitrogens with zero attached hydrogens (tertiary/aromatic N) is 1. The molecule has 0 spiro atoms. The van der Waals surface area contributed by atoms with E-state index in [1.807, 2.05) is 6.92 Å². The third-order valence-electron chi connectivity index (χ3n) is 3.05. The van der Waals surface area contributed by atoms with Crippen LogP contribution in [0.3, 0.4) is 0 Å². The van der Waals surface area contributed by atoms with Gasteiger partial charge in [0.2, 0.25) is 0 Å². The summed E-state index contributed by atoms with van der Waals surface area (Å²) >= 11 is 0. The van der Waals surface area contributed by atoms with Crippen molar-refractivity contribution in [3.05, 3.63) is 0 Å². The number of hydrogen-bond acceptors (Lipinski definition) is 5. The Kier molecular flexibility index (Phi) is 9.40. The summed E-state index contributed by atoms with van der Waals surface area (Å²) in [6, 6.07) is 0. The molecule has 1 amide bonds. The summed E-state index contributed by atoms with van der Waals surface area (Å²) in [4.78, 5) is 13.6. The highest BCUT2D eigenvalue weighted by Crippen LogP contribution is 1.96. The van der Waals surface area contributed by atoms with Gasteiger partial charge in [0.05, 0.1) is 6.61 Å². The molecule has 0 aliphatic carbocycles. The Balaban J connectivity index is 2.33. The van der Waals surface area contributed by atoms with Crippen LogP contribution < -0.4 is 16.0 Å². The lowest BCUT2D eigenvalue weighted by Crippen LogP contribution is -2.40. The van der Waals surface area contributed by atoms with Gasteiger partial charge in [0.1, 0.15) is 0 Å². The van der Waals surface area contributed by atoms with E-state index in [0.29, 0.717) is 13.2 Å². The largest absolute Gasteiger partial charge is 0.450 e. The number of amides is 1. The second-order valence-electron chi connectivity index (χ2n) is 4.64. The van der Waals surface area contributed by atoms with E-state index in [4.69, 9.17) is 4.74 Å². The maximum Gasteiger partial charge on any atom is 0.409 e. The molecular formula is C13H28N4O2. The predicted octanol–water partition coefficient (Wildman–Crippen LogP) is 0.00750. The summed E-state index contributed by atoms with van der Waals surface area (Å²) in [5.41, 5.74) is 0. The Morgan fingerprint density at radius 1 is 0.947 bits per heavy atom. The fourth-order valence-corrected chi connectivity index (χ4v) is 2.01. The molecule has 0 atom stereocenters. The van der Waals surface area contributed by atoms with Crippen LogP contribution in [0.4, 0.5) is 4.79 Å². The second kappa shape index (κ2) is 11.0. The zero-order chi connectivity index (χ0) is 13.8. The molecule has 0 aromatic heterocycles. The zero-order valence-electron chi connectivity index (χ0n) is 12.0. The van der Waals surface area contributed by atoms with Crippen LogP contribution in [0.25, 0.3) is 0 Å². The molecule has 0 bridgehead atoms. The quantitative estimate of drug-likeness (QED) is 0.627. The standard InChI is InChI=1S/C13H28N4O2/c1-2-19-13(18)17-11-4-7-15-9-8-14-5-3-6-16-10-12-17/h14-16H,2-12H2,1H3. The fourth-order valence-electron chi connectivity index (χ4n) is 2.01. The summed E-state index contributed by atoms with van der Waals surface area (Å²) < 4.78 is 5.08. The van der Waals surface area contributed by atoms with Crippen molar-refractivity contribution in [2.75, 3.05) is 59.0 Å². The molecule has 6 nitrogen and oxygen atoms in total. The van der Waals surface area contributed by atoms with Crippen molar-refractivity contribution in [1.29, 1.82) is 0 Å². The molecule has 1 aliphatic heterocycles. The number of nitrogens with one attached hydrogen (secondary N) is 3. The summed E-state index contributed by atoms with van der Waals surface area (Å²) in [6.45, 7) is 9.51. The van der Waals surface area contributed by atoms with Crippen LogP contribution in [0.1, 0.15) is 19.8 Å². The predicted molar refractivity (Wildman–Crippen MR) is 76.4 cm³/mol. The molecule has 0 radical (unpaired) electrons. The summed E-state index contributed by atoms with van der Waals surface area (Å²) in [7, 11) is 0. The molecule has 3 N–H and O–H groups in total. The molecule has 112 valence electrons.